The predicted octanol–water partition coefficient (Wildman–Crippen LogP) is 6.81. The minimum atomic E-state index is -1.45. The average Bonchev–Trinajstić information content (AvgIpc) is 3.43. The molecule has 3 aromatic carbocycles. The van der Waals surface area contributed by atoms with Crippen molar-refractivity contribution in [3.05, 3.63) is 83.6 Å². The van der Waals surface area contributed by atoms with Gasteiger partial charge in [-0.25, -0.2) is 4.39 Å². The van der Waals surface area contributed by atoms with Gasteiger partial charge < -0.3 is 23.8 Å². The number of anilines is 1. The number of carbonyl (C=O) groups excluding carboxylic acids is 2. The number of hydrogen-bond acceptors (Lipinski definition) is 7. The lowest BCUT2D eigenvalue weighted by atomic mass is 9.97. The van der Waals surface area contributed by atoms with Crippen molar-refractivity contribution in [2.75, 3.05) is 18.6 Å². The maximum absolute atomic E-state index is 14.1. The van der Waals surface area contributed by atoms with Crippen LogP contribution in [-0.4, -0.2) is 34.5 Å². The van der Waals surface area contributed by atoms with E-state index in [1.54, 1.807) is 37.5 Å². The van der Waals surface area contributed by atoms with E-state index in [2.05, 4.69) is 10.0 Å². The topological polar surface area (TPSA) is 113 Å². The van der Waals surface area contributed by atoms with Crippen molar-refractivity contribution in [3.8, 4) is 16.9 Å². The van der Waals surface area contributed by atoms with Gasteiger partial charge >= 0.3 is 5.97 Å². The molecule has 0 aliphatic carbocycles. The first kappa shape index (κ1) is 32.1. The number of amides is 1. The SMILES string of the molecule is CCOC(=O)Cc1ccc(NC(C)=O)cc1OCc1cc(-c2cccc(C(CF)N[S+]([O-])C(C)(C)C)c2)c2occc2c1. The molecule has 0 fully saturated rings. The van der Waals surface area contributed by atoms with Gasteiger partial charge in [-0.05, 0) is 74.7 Å². The maximum Gasteiger partial charge on any atom is 0.310 e. The monoisotopic (exact) mass is 608 g/mol. The summed E-state index contributed by atoms with van der Waals surface area (Å²) in [6.45, 7) is 8.36. The standard InChI is InChI=1S/C33H37FN2O6S/c1-6-40-31(38)17-25-10-11-27(35-21(2)37)18-30(25)42-20-22-14-26-12-13-41-32(26)28(15-22)23-8-7-9-24(16-23)29(19-34)36-43(39)33(3,4)5/h7-16,18,29,36H,6,17,19-20H2,1-5H3,(H,35,37). The van der Waals surface area contributed by atoms with Crippen LogP contribution in [0.5, 0.6) is 5.75 Å². The molecule has 4 aromatic rings. The number of ether oxygens (including phenoxy) is 2. The molecule has 2 N–H and O–H groups in total. The summed E-state index contributed by atoms with van der Waals surface area (Å²) in [4.78, 5) is 23.9. The Morgan fingerprint density at radius 3 is 2.58 bits per heavy atom. The second-order valence-corrected chi connectivity index (χ2v) is 13.1. The largest absolute Gasteiger partial charge is 0.598 e. The molecule has 0 aliphatic heterocycles. The van der Waals surface area contributed by atoms with Crippen molar-refractivity contribution in [1.82, 2.24) is 4.72 Å². The van der Waals surface area contributed by atoms with Crippen LogP contribution in [0.3, 0.4) is 0 Å². The zero-order valence-electron chi connectivity index (χ0n) is 25.0. The van der Waals surface area contributed by atoms with E-state index in [4.69, 9.17) is 13.9 Å². The molecule has 1 amide bonds. The number of halogens is 1. The third kappa shape index (κ3) is 8.37. The normalized spacial score (nSPS) is 13.0. The molecule has 0 saturated heterocycles. The Balaban J connectivity index is 1.65. The number of rotatable bonds is 12. The molecule has 1 aromatic heterocycles. The second kappa shape index (κ2) is 14.1. The highest BCUT2D eigenvalue weighted by Crippen LogP contribution is 2.34. The van der Waals surface area contributed by atoms with Crippen molar-refractivity contribution in [3.63, 3.8) is 0 Å². The van der Waals surface area contributed by atoms with E-state index in [1.807, 2.05) is 57.2 Å². The highest BCUT2D eigenvalue weighted by molar-refractivity contribution is 7.90. The number of esters is 1. The summed E-state index contributed by atoms with van der Waals surface area (Å²) < 4.78 is 46.3. The summed E-state index contributed by atoms with van der Waals surface area (Å²) in [7, 11) is 0. The Hall–Kier alpha value is -3.86. The van der Waals surface area contributed by atoms with E-state index in [1.165, 1.54) is 6.92 Å². The van der Waals surface area contributed by atoms with Crippen LogP contribution in [0.1, 0.15) is 57.4 Å². The summed E-state index contributed by atoms with van der Waals surface area (Å²) in [5.41, 5.74) is 4.92. The Labute approximate surface area is 254 Å². The molecule has 10 heteroatoms. The molecule has 0 bridgehead atoms. The number of alkyl halides is 1. The fourth-order valence-electron chi connectivity index (χ4n) is 4.50. The Morgan fingerprint density at radius 1 is 1.09 bits per heavy atom. The number of furan rings is 1. The van der Waals surface area contributed by atoms with E-state index in [9.17, 15) is 18.5 Å². The van der Waals surface area contributed by atoms with E-state index < -0.39 is 28.8 Å². The van der Waals surface area contributed by atoms with Gasteiger partial charge in [0.25, 0.3) is 0 Å². The van der Waals surface area contributed by atoms with Gasteiger partial charge in [-0.2, -0.15) is 0 Å². The summed E-state index contributed by atoms with van der Waals surface area (Å²) in [5.74, 6) is -0.163. The quantitative estimate of drug-likeness (QED) is 0.134. The van der Waals surface area contributed by atoms with Crippen LogP contribution in [0.15, 0.2) is 71.3 Å². The molecule has 8 nitrogen and oxygen atoms in total. The van der Waals surface area contributed by atoms with E-state index in [-0.39, 0.29) is 31.5 Å². The summed E-state index contributed by atoms with van der Waals surface area (Å²) >= 11 is -1.45. The van der Waals surface area contributed by atoms with Crippen LogP contribution in [0, 0.1) is 0 Å². The minimum Gasteiger partial charge on any atom is -0.598 e. The van der Waals surface area contributed by atoms with Crippen molar-refractivity contribution in [2.45, 2.75) is 58.4 Å². The van der Waals surface area contributed by atoms with E-state index in [0.717, 1.165) is 22.1 Å². The average molecular weight is 609 g/mol. The highest BCUT2D eigenvalue weighted by Gasteiger charge is 2.30. The second-order valence-electron chi connectivity index (χ2n) is 11.1. The van der Waals surface area contributed by atoms with Crippen LogP contribution < -0.4 is 14.8 Å². The molecule has 2 atom stereocenters. The van der Waals surface area contributed by atoms with Crippen LogP contribution in [0.4, 0.5) is 10.1 Å². The number of carbonyl (C=O) groups is 2. The number of fused-ring (bicyclic) bond motifs is 1. The molecule has 2 unspecified atom stereocenters. The third-order valence-corrected chi connectivity index (χ3v) is 8.20. The third-order valence-electron chi connectivity index (χ3n) is 6.59. The van der Waals surface area contributed by atoms with Crippen LogP contribution in [-0.2, 0) is 38.7 Å². The molecule has 0 aliphatic rings. The van der Waals surface area contributed by atoms with Gasteiger partial charge in [0.1, 0.15) is 35.4 Å². The molecule has 43 heavy (non-hydrogen) atoms. The first-order valence-electron chi connectivity index (χ1n) is 14.0. The van der Waals surface area contributed by atoms with Crippen LogP contribution >= 0.6 is 0 Å². The summed E-state index contributed by atoms with van der Waals surface area (Å²) in [6, 6.07) is 17.6. The van der Waals surface area contributed by atoms with Crippen molar-refractivity contribution >= 4 is 39.9 Å². The molecular weight excluding hydrogens is 571 g/mol. The molecular formula is C33H37FN2O6S. The van der Waals surface area contributed by atoms with E-state index in [0.29, 0.717) is 28.1 Å². The Morgan fingerprint density at radius 2 is 1.88 bits per heavy atom. The maximum atomic E-state index is 14.1. The lowest BCUT2D eigenvalue weighted by molar-refractivity contribution is -0.142. The highest BCUT2D eigenvalue weighted by atomic mass is 32.2. The summed E-state index contributed by atoms with van der Waals surface area (Å²) in [5, 5.41) is 3.60. The van der Waals surface area contributed by atoms with Crippen molar-refractivity contribution in [1.29, 1.82) is 0 Å². The van der Waals surface area contributed by atoms with Crippen molar-refractivity contribution < 1.29 is 32.4 Å². The predicted molar refractivity (Wildman–Crippen MR) is 167 cm³/mol. The minimum absolute atomic E-state index is 0.0199. The Bertz CT molecular complexity index is 1580. The number of nitrogens with one attached hydrogen (secondary N) is 2. The van der Waals surface area contributed by atoms with Gasteiger partial charge in [0.05, 0.1) is 19.3 Å². The van der Waals surface area contributed by atoms with E-state index >= 15 is 0 Å². The van der Waals surface area contributed by atoms with Gasteiger partial charge in [0.15, 0.2) is 0 Å². The smallest absolute Gasteiger partial charge is 0.310 e. The van der Waals surface area contributed by atoms with Crippen LogP contribution in [0.2, 0.25) is 0 Å². The first-order chi connectivity index (χ1) is 20.5. The lowest BCUT2D eigenvalue weighted by Crippen LogP contribution is -2.41. The number of benzene rings is 3. The molecule has 0 spiro atoms. The first-order valence-corrected chi connectivity index (χ1v) is 15.2. The van der Waals surface area contributed by atoms with Crippen molar-refractivity contribution in [2.24, 2.45) is 0 Å². The van der Waals surface area contributed by atoms with Gasteiger partial charge in [0, 0.05) is 46.6 Å². The fourth-order valence-corrected chi connectivity index (χ4v) is 5.32. The van der Waals surface area contributed by atoms with Gasteiger partial charge in [-0.1, -0.05) is 24.3 Å². The zero-order chi connectivity index (χ0) is 31.1. The lowest BCUT2D eigenvalue weighted by Gasteiger charge is -2.27. The zero-order valence-corrected chi connectivity index (χ0v) is 25.8. The molecule has 228 valence electrons. The Kier molecular flexibility index (Phi) is 10.5. The van der Waals surface area contributed by atoms with Gasteiger partial charge in [0.2, 0.25) is 5.91 Å². The fraction of sp³-hybridized carbons (Fsp3) is 0.333. The molecule has 1 heterocycles. The number of hydrogen-bond donors (Lipinski definition) is 2. The molecule has 0 saturated carbocycles. The molecule has 0 radical (unpaired) electrons. The van der Waals surface area contributed by atoms with Gasteiger partial charge in [-0.3, -0.25) is 9.59 Å². The van der Waals surface area contributed by atoms with Gasteiger partial charge in [-0.15, -0.1) is 4.72 Å². The summed E-state index contributed by atoms with van der Waals surface area (Å²) in [6.07, 6.45) is 1.63. The molecule has 4 rings (SSSR count). The van der Waals surface area contributed by atoms with Crippen LogP contribution in [0.25, 0.3) is 22.1 Å².